The lowest BCUT2D eigenvalue weighted by molar-refractivity contribution is 0.0862. The number of rotatable bonds is 5. The predicted octanol–water partition coefficient (Wildman–Crippen LogP) is 5.09. The van der Waals surface area contributed by atoms with Crippen molar-refractivity contribution in [3.8, 4) is 0 Å². The van der Waals surface area contributed by atoms with Gasteiger partial charge in [-0.1, -0.05) is 50.3 Å². The molecule has 4 rings (SSSR count). The smallest absolute Gasteiger partial charge is 0.0811 e. The van der Waals surface area contributed by atoms with Crippen LogP contribution in [0.1, 0.15) is 71.6 Å². The lowest BCUT2D eigenvalue weighted by Crippen LogP contribution is -2.35. The van der Waals surface area contributed by atoms with Crippen molar-refractivity contribution in [3.05, 3.63) is 47.6 Å². The first-order valence-corrected chi connectivity index (χ1v) is 12.1. The van der Waals surface area contributed by atoms with E-state index in [0.29, 0.717) is 41.9 Å². The van der Waals surface area contributed by atoms with Crippen molar-refractivity contribution in [1.29, 1.82) is 0 Å². The summed E-state index contributed by atoms with van der Waals surface area (Å²) < 4.78 is 0. The molecule has 0 bridgehead atoms. The maximum Gasteiger partial charge on any atom is 0.0811 e. The zero-order valence-corrected chi connectivity index (χ0v) is 18.8. The highest BCUT2D eigenvalue weighted by atomic mass is 16.3. The highest BCUT2D eigenvalue weighted by molar-refractivity contribution is 5.38. The highest BCUT2D eigenvalue weighted by Crippen LogP contribution is 2.59. The first kappa shape index (κ1) is 22.0. The molecule has 0 aromatic carbocycles. The lowest BCUT2D eigenvalue weighted by atomic mass is 9.61. The molecule has 0 radical (unpaired) electrons. The summed E-state index contributed by atoms with van der Waals surface area (Å²) in [6.07, 6.45) is 16.9. The molecule has 30 heavy (non-hydrogen) atoms. The molecule has 3 N–H and O–H groups in total. The molecule has 0 heterocycles. The Kier molecular flexibility index (Phi) is 6.44. The van der Waals surface area contributed by atoms with E-state index >= 15 is 0 Å². The van der Waals surface area contributed by atoms with Crippen LogP contribution in [-0.2, 0) is 0 Å². The fourth-order valence-electron chi connectivity index (χ4n) is 6.63. The van der Waals surface area contributed by atoms with Gasteiger partial charge < -0.3 is 15.3 Å². The number of hydrogen-bond donors (Lipinski definition) is 3. The normalized spacial score (nSPS) is 42.1. The molecule has 0 aromatic rings. The number of fused-ring (bicyclic) bond motifs is 1. The van der Waals surface area contributed by atoms with Gasteiger partial charge in [0.15, 0.2) is 0 Å². The van der Waals surface area contributed by atoms with E-state index < -0.39 is 12.2 Å². The van der Waals surface area contributed by atoms with Crippen molar-refractivity contribution >= 4 is 0 Å². The fourth-order valence-corrected chi connectivity index (χ4v) is 6.63. The Bertz CT molecular complexity index is 743. The summed E-state index contributed by atoms with van der Waals surface area (Å²) in [6, 6.07) is 0. The third-order valence-electron chi connectivity index (χ3n) is 8.65. The largest absolute Gasteiger partial charge is 0.393 e. The number of allylic oxidation sites excluding steroid dienone is 4. The maximum absolute atomic E-state index is 10.2. The molecule has 4 aliphatic rings. The zero-order chi connectivity index (χ0) is 21.5. The standard InChI is InChI=1S/C27H40O3/c1-17(6-13-25(29)20-8-9-20)23-11-12-24-19(5-4-14-27(23,24)3)7-10-21-15-22(28)16-26(30)18(21)2/h6-7,10,13,17,20,22-26,28-30H,2,4-5,8-9,11-12,14-16H2,1,3H3/b13-6+,19-7+,21-10-. The summed E-state index contributed by atoms with van der Waals surface area (Å²) in [5.74, 6) is 2.28. The van der Waals surface area contributed by atoms with Gasteiger partial charge in [-0.25, -0.2) is 0 Å². The van der Waals surface area contributed by atoms with Gasteiger partial charge in [-0.3, -0.25) is 0 Å². The average molecular weight is 413 g/mol. The van der Waals surface area contributed by atoms with Gasteiger partial charge in [0.1, 0.15) is 0 Å². The Labute approximate surface area is 182 Å². The lowest BCUT2D eigenvalue weighted by Gasteiger charge is -2.44. The van der Waals surface area contributed by atoms with E-state index in [4.69, 9.17) is 0 Å². The molecule has 0 aromatic heterocycles. The van der Waals surface area contributed by atoms with Crippen molar-refractivity contribution in [1.82, 2.24) is 0 Å². The molecule has 7 atom stereocenters. The van der Waals surface area contributed by atoms with E-state index in [1.165, 1.54) is 44.1 Å². The highest BCUT2D eigenvalue weighted by Gasteiger charge is 2.50. The Morgan fingerprint density at radius 1 is 1.10 bits per heavy atom. The van der Waals surface area contributed by atoms with Crippen LogP contribution in [0.25, 0.3) is 0 Å². The van der Waals surface area contributed by atoms with E-state index in [9.17, 15) is 15.3 Å². The molecular formula is C27H40O3. The molecule has 4 fully saturated rings. The second-order valence-corrected chi connectivity index (χ2v) is 10.7. The second-order valence-electron chi connectivity index (χ2n) is 10.7. The number of aliphatic hydroxyl groups is 3. The second kappa shape index (κ2) is 8.76. The molecule has 0 amide bonds. The first-order chi connectivity index (χ1) is 14.3. The zero-order valence-electron chi connectivity index (χ0n) is 18.8. The van der Waals surface area contributed by atoms with Gasteiger partial charge in [-0.2, -0.15) is 0 Å². The quantitative estimate of drug-likeness (QED) is 0.551. The van der Waals surface area contributed by atoms with Crippen molar-refractivity contribution in [3.63, 3.8) is 0 Å². The summed E-state index contributed by atoms with van der Waals surface area (Å²) >= 11 is 0. The van der Waals surface area contributed by atoms with Gasteiger partial charge in [0.05, 0.1) is 18.3 Å². The first-order valence-electron chi connectivity index (χ1n) is 12.1. The minimum Gasteiger partial charge on any atom is -0.393 e. The van der Waals surface area contributed by atoms with Crippen LogP contribution in [0.2, 0.25) is 0 Å². The van der Waals surface area contributed by atoms with Crippen molar-refractivity contribution in [2.45, 2.75) is 89.9 Å². The molecule has 4 saturated carbocycles. The molecular weight excluding hydrogens is 372 g/mol. The monoisotopic (exact) mass is 412 g/mol. The van der Waals surface area contributed by atoms with Gasteiger partial charge in [0, 0.05) is 6.42 Å². The van der Waals surface area contributed by atoms with Crippen LogP contribution in [-0.4, -0.2) is 33.6 Å². The SMILES string of the molecule is C=C1/C(=C\C=C2/CCCC3(C)C2CCC3C(C)/C=C/C(O)C2CC2)CC(O)CC1O. The van der Waals surface area contributed by atoms with Crippen LogP contribution in [0.4, 0.5) is 0 Å². The Balaban J connectivity index is 1.48. The van der Waals surface area contributed by atoms with Crippen molar-refractivity contribution < 1.29 is 15.3 Å². The molecule has 0 spiro atoms. The van der Waals surface area contributed by atoms with E-state index in [1.54, 1.807) is 0 Å². The van der Waals surface area contributed by atoms with Gasteiger partial charge in [0.25, 0.3) is 0 Å². The third-order valence-corrected chi connectivity index (χ3v) is 8.65. The molecule has 3 heteroatoms. The summed E-state index contributed by atoms with van der Waals surface area (Å²) in [6.45, 7) is 8.88. The number of hydrogen-bond acceptors (Lipinski definition) is 3. The Hall–Kier alpha value is -1.16. The van der Waals surface area contributed by atoms with Crippen LogP contribution in [0.3, 0.4) is 0 Å². The van der Waals surface area contributed by atoms with Crippen molar-refractivity contribution in [2.24, 2.45) is 29.1 Å². The van der Waals surface area contributed by atoms with Gasteiger partial charge in [-0.15, -0.1) is 0 Å². The van der Waals surface area contributed by atoms with Crippen LogP contribution < -0.4 is 0 Å². The van der Waals surface area contributed by atoms with Gasteiger partial charge in [-0.05, 0) is 91.6 Å². The predicted molar refractivity (Wildman–Crippen MR) is 122 cm³/mol. The molecule has 0 aliphatic heterocycles. The maximum atomic E-state index is 10.2. The van der Waals surface area contributed by atoms with Crippen molar-refractivity contribution in [2.75, 3.05) is 0 Å². The average Bonchev–Trinajstić information content (AvgIpc) is 3.49. The fraction of sp³-hybridized carbons (Fsp3) is 0.704. The third kappa shape index (κ3) is 4.40. The summed E-state index contributed by atoms with van der Waals surface area (Å²) in [5, 5.41) is 30.4. The van der Waals surface area contributed by atoms with Gasteiger partial charge >= 0.3 is 0 Å². The summed E-state index contributed by atoms with van der Waals surface area (Å²) in [7, 11) is 0. The van der Waals surface area contributed by atoms with Crippen LogP contribution in [0.15, 0.2) is 47.6 Å². The molecule has 7 unspecified atom stereocenters. The molecule has 4 aliphatic carbocycles. The van der Waals surface area contributed by atoms with E-state index in [2.05, 4.69) is 44.7 Å². The summed E-state index contributed by atoms with van der Waals surface area (Å²) in [4.78, 5) is 0. The molecule has 166 valence electrons. The van der Waals surface area contributed by atoms with Crippen LogP contribution in [0, 0.1) is 29.1 Å². The van der Waals surface area contributed by atoms with Gasteiger partial charge in [0.2, 0.25) is 0 Å². The Morgan fingerprint density at radius 3 is 2.60 bits per heavy atom. The minimum absolute atomic E-state index is 0.250. The Morgan fingerprint density at radius 2 is 1.87 bits per heavy atom. The number of aliphatic hydroxyl groups excluding tert-OH is 3. The summed E-state index contributed by atoms with van der Waals surface area (Å²) in [5.41, 5.74) is 3.63. The minimum atomic E-state index is -0.621. The van der Waals surface area contributed by atoms with E-state index in [-0.39, 0.29) is 6.10 Å². The topological polar surface area (TPSA) is 60.7 Å². The van der Waals surface area contributed by atoms with Crippen LogP contribution >= 0.6 is 0 Å². The van der Waals surface area contributed by atoms with Crippen LogP contribution in [0.5, 0.6) is 0 Å². The van der Waals surface area contributed by atoms with E-state index in [0.717, 1.165) is 17.6 Å². The van der Waals surface area contributed by atoms with E-state index in [1.807, 2.05) is 0 Å². The molecule has 0 saturated heterocycles. The molecule has 3 nitrogen and oxygen atoms in total.